The van der Waals surface area contributed by atoms with Crippen LogP contribution in [0.2, 0.25) is 0 Å². The lowest BCUT2D eigenvalue weighted by Crippen LogP contribution is -2.42. The van der Waals surface area contributed by atoms with Crippen molar-refractivity contribution in [3.63, 3.8) is 0 Å². The van der Waals surface area contributed by atoms with Crippen LogP contribution in [0.3, 0.4) is 0 Å². The Morgan fingerprint density at radius 2 is 1.81 bits per heavy atom. The van der Waals surface area contributed by atoms with Crippen molar-refractivity contribution >= 4 is 5.91 Å². The standard InChI is InChI=1S/C11H16F3NO/c12-11(13,14)8-2-1-3-9(6-8)15-10(16)7-4-5-7/h7-9H,1-6H2,(H,15,16)/t8-,9+/m1/s1. The summed E-state index contributed by atoms with van der Waals surface area (Å²) >= 11 is 0. The highest BCUT2D eigenvalue weighted by atomic mass is 19.4. The number of rotatable bonds is 2. The molecule has 2 aliphatic carbocycles. The molecule has 2 rings (SSSR count). The summed E-state index contributed by atoms with van der Waals surface area (Å²) in [7, 11) is 0. The van der Waals surface area contributed by atoms with Gasteiger partial charge in [-0.2, -0.15) is 13.2 Å². The van der Waals surface area contributed by atoms with E-state index in [1.807, 2.05) is 0 Å². The van der Waals surface area contributed by atoms with Crippen molar-refractivity contribution in [2.45, 2.75) is 50.7 Å². The van der Waals surface area contributed by atoms with Crippen LogP contribution in [-0.2, 0) is 4.79 Å². The van der Waals surface area contributed by atoms with Gasteiger partial charge in [-0.15, -0.1) is 0 Å². The van der Waals surface area contributed by atoms with E-state index in [2.05, 4.69) is 5.32 Å². The molecule has 1 amide bonds. The van der Waals surface area contributed by atoms with E-state index in [-0.39, 0.29) is 30.7 Å². The Hall–Kier alpha value is -0.740. The summed E-state index contributed by atoms with van der Waals surface area (Å²) in [5.74, 6) is -1.20. The molecule has 16 heavy (non-hydrogen) atoms. The van der Waals surface area contributed by atoms with Crippen molar-refractivity contribution in [2.75, 3.05) is 0 Å². The van der Waals surface area contributed by atoms with Crippen LogP contribution >= 0.6 is 0 Å². The molecule has 0 aromatic carbocycles. The van der Waals surface area contributed by atoms with E-state index in [0.717, 1.165) is 12.8 Å². The molecule has 0 unspecified atom stereocenters. The van der Waals surface area contributed by atoms with Gasteiger partial charge in [0.15, 0.2) is 0 Å². The number of nitrogens with one attached hydrogen (secondary N) is 1. The summed E-state index contributed by atoms with van der Waals surface area (Å²) in [6, 6.07) is -0.270. The van der Waals surface area contributed by atoms with E-state index < -0.39 is 12.1 Å². The molecule has 0 saturated heterocycles. The lowest BCUT2D eigenvalue weighted by Gasteiger charge is -2.31. The summed E-state index contributed by atoms with van der Waals surface area (Å²) in [4.78, 5) is 11.4. The van der Waals surface area contributed by atoms with Gasteiger partial charge in [-0.05, 0) is 32.1 Å². The predicted molar refractivity (Wildman–Crippen MR) is 52.7 cm³/mol. The highest BCUT2D eigenvalue weighted by Gasteiger charge is 2.43. The van der Waals surface area contributed by atoms with Gasteiger partial charge in [-0.1, -0.05) is 6.42 Å². The molecule has 5 heteroatoms. The Morgan fingerprint density at radius 3 is 2.38 bits per heavy atom. The molecule has 2 fully saturated rings. The fourth-order valence-electron chi connectivity index (χ4n) is 2.28. The number of hydrogen-bond donors (Lipinski definition) is 1. The summed E-state index contributed by atoms with van der Waals surface area (Å²) in [5.41, 5.74) is 0. The average Bonchev–Trinajstić information content (AvgIpc) is 2.99. The highest BCUT2D eigenvalue weighted by molar-refractivity contribution is 5.81. The first-order valence-electron chi connectivity index (χ1n) is 5.84. The molecule has 2 nitrogen and oxygen atoms in total. The van der Waals surface area contributed by atoms with Gasteiger partial charge < -0.3 is 5.32 Å². The molecule has 0 bridgehead atoms. The minimum absolute atomic E-state index is 0.0483. The molecule has 0 radical (unpaired) electrons. The lowest BCUT2D eigenvalue weighted by atomic mass is 9.85. The van der Waals surface area contributed by atoms with Gasteiger partial charge >= 0.3 is 6.18 Å². The van der Waals surface area contributed by atoms with E-state index >= 15 is 0 Å². The molecule has 0 spiro atoms. The summed E-state index contributed by atoms with van der Waals surface area (Å²) in [6.45, 7) is 0. The normalized spacial score (nSPS) is 31.2. The quantitative estimate of drug-likeness (QED) is 0.783. The molecular formula is C11H16F3NO. The van der Waals surface area contributed by atoms with Crippen molar-refractivity contribution in [1.29, 1.82) is 0 Å². The van der Waals surface area contributed by atoms with Crippen LogP contribution < -0.4 is 5.32 Å². The molecule has 2 atom stereocenters. The first-order chi connectivity index (χ1) is 7.47. The molecule has 2 aliphatic rings. The minimum atomic E-state index is -4.11. The van der Waals surface area contributed by atoms with Gasteiger partial charge in [0.2, 0.25) is 5.91 Å². The van der Waals surface area contributed by atoms with Crippen LogP contribution in [0.25, 0.3) is 0 Å². The predicted octanol–water partition coefficient (Wildman–Crippen LogP) is 2.63. The maximum absolute atomic E-state index is 12.5. The van der Waals surface area contributed by atoms with E-state index in [4.69, 9.17) is 0 Å². The smallest absolute Gasteiger partial charge is 0.353 e. The summed E-state index contributed by atoms with van der Waals surface area (Å²) in [6.07, 6.45) is -0.822. The molecule has 0 aliphatic heterocycles. The van der Waals surface area contributed by atoms with E-state index in [1.165, 1.54) is 0 Å². The van der Waals surface area contributed by atoms with Crippen molar-refractivity contribution in [3.8, 4) is 0 Å². The third-order valence-electron chi connectivity index (χ3n) is 3.43. The van der Waals surface area contributed by atoms with Gasteiger partial charge in [-0.3, -0.25) is 4.79 Å². The minimum Gasteiger partial charge on any atom is -0.353 e. The first-order valence-corrected chi connectivity index (χ1v) is 5.84. The summed E-state index contributed by atoms with van der Waals surface area (Å²) < 4.78 is 37.5. The van der Waals surface area contributed by atoms with Gasteiger partial charge in [0.1, 0.15) is 0 Å². The molecule has 0 heterocycles. The SMILES string of the molecule is O=C(N[C@H]1CCC[C@@H](C(F)(F)F)C1)C1CC1. The monoisotopic (exact) mass is 235 g/mol. The van der Waals surface area contributed by atoms with Crippen molar-refractivity contribution in [2.24, 2.45) is 11.8 Å². The molecule has 92 valence electrons. The first kappa shape index (κ1) is 11.7. The Kier molecular flexibility index (Phi) is 3.13. The Labute approximate surface area is 92.6 Å². The third-order valence-corrected chi connectivity index (χ3v) is 3.43. The molecule has 0 aromatic rings. The average molecular weight is 235 g/mol. The van der Waals surface area contributed by atoms with Crippen molar-refractivity contribution in [1.82, 2.24) is 5.32 Å². The zero-order valence-electron chi connectivity index (χ0n) is 9.02. The zero-order chi connectivity index (χ0) is 11.8. The number of amides is 1. The second-order valence-electron chi connectivity index (χ2n) is 4.88. The zero-order valence-corrected chi connectivity index (χ0v) is 9.02. The van der Waals surface area contributed by atoms with E-state index in [1.54, 1.807) is 0 Å². The van der Waals surface area contributed by atoms with Crippen LogP contribution in [0.1, 0.15) is 38.5 Å². The van der Waals surface area contributed by atoms with Gasteiger partial charge in [-0.25, -0.2) is 0 Å². The van der Waals surface area contributed by atoms with Crippen molar-refractivity contribution < 1.29 is 18.0 Å². The second kappa shape index (κ2) is 4.26. The second-order valence-corrected chi connectivity index (χ2v) is 4.88. The van der Waals surface area contributed by atoms with Gasteiger partial charge in [0.05, 0.1) is 5.92 Å². The molecular weight excluding hydrogens is 219 g/mol. The maximum Gasteiger partial charge on any atom is 0.391 e. The fourth-order valence-corrected chi connectivity index (χ4v) is 2.28. The topological polar surface area (TPSA) is 29.1 Å². The molecule has 1 N–H and O–H groups in total. The molecule has 0 aromatic heterocycles. The summed E-state index contributed by atoms with van der Waals surface area (Å²) in [5, 5.41) is 2.74. The van der Waals surface area contributed by atoms with Crippen LogP contribution in [0.4, 0.5) is 13.2 Å². The van der Waals surface area contributed by atoms with Gasteiger partial charge in [0.25, 0.3) is 0 Å². The Balaban J connectivity index is 1.84. The van der Waals surface area contributed by atoms with Gasteiger partial charge in [0, 0.05) is 12.0 Å². The number of alkyl halides is 3. The Bertz CT molecular complexity index is 273. The van der Waals surface area contributed by atoms with Crippen LogP contribution in [0, 0.1) is 11.8 Å². The van der Waals surface area contributed by atoms with Crippen LogP contribution in [0.5, 0.6) is 0 Å². The van der Waals surface area contributed by atoms with Crippen LogP contribution in [0.15, 0.2) is 0 Å². The molecule has 2 saturated carbocycles. The van der Waals surface area contributed by atoms with E-state index in [0.29, 0.717) is 12.8 Å². The highest BCUT2D eigenvalue weighted by Crippen LogP contribution is 2.38. The van der Waals surface area contributed by atoms with Crippen molar-refractivity contribution in [3.05, 3.63) is 0 Å². The largest absolute Gasteiger partial charge is 0.391 e. The lowest BCUT2D eigenvalue weighted by molar-refractivity contribution is -0.184. The maximum atomic E-state index is 12.5. The van der Waals surface area contributed by atoms with E-state index in [9.17, 15) is 18.0 Å². The number of hydrogen-bond acceptors (Lipinski definition) is 1. The third kappa shape index (κ3) is 2.89. The number of carbonyl (C=O) groups excluding carboxylic acids is 1. The Morgan fingerprint density at radius 1 is 1.12 bits per heavy atom. The number of carbonyl (C=O) groups is 1. The number of halogens is 3. The van der Waals surface area contributed by atoms with Crippen LogP contribution in [-0.4, -0.2) is 18.1 Å². The fraction of sp³-hybridized carbons (Fsp3) is 0.909.